The van der Waals surface area contributed by atoms with E-state index < -0.39 is 0 Å². The highest BCUT2D eigenvalue weighted by atomic mass is 35.5. The molecule has 0 aliphatic heterocycles. The standard InChI is InChI=1S/C25H26Cl2FN3O/c1-31(2)24(18-11-13-19(28)14-12-18)17-9-6-16(7-10-17)8-15-22-29-25(30-32-22)20-4-3-5-21(26)23(20)27/h3-5,8,11-17,24H,6-7,9-10H2,1-2H3. The average molecular weight is 474 g/mol. The van der Waals surface area contributed by atoms with E-state index >= 15 is 0 Å². The second-order valence-electron chi connectivity index (χ2n) is 8.55. The molecule has 3 aromatic rings. The van der Waals surface area contributed by atoms with Crippen LogP contribution >= 0.6 is 23.2 Å². The summed E-state index contributed by atoms with van der Waals surface area (Å²) >= 11 is 12.3. The van der Waals surface area contributed by atoms with Gasteiger partial charge in [-0.2, -0.15) is 4.98 Å². The smallest absolute Gasteiger partial charge is 0.250 e. The van der Waals surface area contributed by atoms with E-state index in [9.17, 15) is 4.39 Å². The third-order valence-electron chi connectivity index (χ3n) is 6.18. The summed E-state index contributed by atoms with van der Waals surface area (Å²) in [5.74, 6) is 1.69. The van der Waals surface area contributed by atoms with E-state index in [-0.39, 0.29) is 5.82 Å². The summed E-state index contributed by atoms with van der Waals surface area (Å²) in [5, 5.41) is 4.91. The molecule has 1 aromatic heterocycles. The Kier molecular flexibility index (Phi) is 7.29. The quantitative estimate of drug-likeness (QED) is 0.376. The van der Waals surface area contributed by atoms with Crippen LogP contribution in [-0.2, 0) is 0 Å². The maximum Gasteiger partial charge on any atom is 0.250 e. The largest absolute Gasteiger partial charge is 0.334 e. The maximum absolute atomic E-state index is 13.4. The molecule has 4 rings (SSSR count). The van der Waals surface area contributed by atoms with Crippen LogP contribution in [0.4, 0.5) is 4.39 Å². The van der Waals surface area contributed by atoms with Gasteiger partial charge in [0.1, 0.15) is 5.82 Å². The molecule has 0 spiro atoms. The Morgan fingerprint density at radius 2 is 1.78 bits per heavy atom. The predicted molar refractivity (Wildman–Crippen MR) is 127 cm³/mol. The summed E-state index contributed by atoms with van der Waals surface area (Å²) in [6.45, 7) is 0. The number of aromatic nitrogens is 2. The highest BCUT2D eigenvalue weighted by molar-refractivity contribution is 6.43. The summed E-state index contributed by atoms with van der Waals surface area (Å²) in [7, 11) is 4.19. The molecule has 1 unspecified atom stereocenters. The van der Waals surface area contributed by atoms with Gasteiger partial charge in [0.15, 0.2) is 0 Å². The molecule has 0 N–H and O–H groups in total. The van der Waals surface area contributed by atoms with Crippen LogP contribution in [0, 0.1) is 17.7 Å². The highest BCUT2D eigenvalue weighted by Crippen LogP contribution is 2.40. The molecule has 0 radical (unpaired) electrons. The first-order valence-corrected chi connectivity index (χ1v) is 11.6. The molecule has 1 aliphatic carbocycles. The minimum atomic E-state index is -0.193. The van der Waals surface area contributed by atoms with E-state index in [0.717, 1.165) is 25.7 Å². The first kappa shape index (κ1) is 23.0. The lowest BCUT2D eigenvalue weighted by atomic mass is 9.76. The zero-order valence-corrected chi connectivity index (χ0v) is 19.7. The number of allylic oxidation sites excluding steroid dienone is 1. The van der Waals surface area contributed by atoms with Gasteiger partial charge in [0.2, 0.25) is 5.82 Å². The molecule has 2 aromatic carbocycles. The fourth-order valence-electron chi connectivity index (χ4n) is 4.61. The van der Waals surface area contributed by atoms with Crippen molar-refractivity contribution >= 4 is 29.3 Å². The molecule has 1 aliphatic rings. The van der Waals surface area contributed by atoms with Crippen molar-refractivity contribution in [2.75, 3.05) is 14.1 Å². The SMILES string of the molecule is CN(C)C(c1ccc(F)cc1)C1CCC(C=Cc2nc(-c3cccc(Cl)c3Cl)no2)CC1. The van der Waals surface area contributed by atoms with Gasteiger partial charge in [-0.25, -0.2) is 4.39 Å². The van der Waals surface area contributed by atoms with Crippen LogP contribution in [0.5, 0.6) is 0 Å². The summed E-state index contributed by atoms with van der Waals surface area (Å²) < 4.78 is 18.7. The van der Waals surface area contributed by atoms with E-state index in [2.05, 4.69) is 35.2 Å². The van der Waals surface area contributed by atoms with Crippen molar-refractivity contribution in [3.63, 3.8) is 0 Å². The van der Waals surface area contributed by atoms with E-state index in [1.165, 1.54) is 5.56 Å². The van der Waals surface area contributed by atoms with E-state index in [0.29, 0.717) is 45.2 Å². The number of halogens is 3. The fraction of sp³-hybridized carbons (Fsp3) is 0.360. The van der Waals surface area contributed by atoms with Gasteiger partial charge in [-0.05, 0) is 87.5 Å². The molecule has 1 fully saturated rings. The molecule has 7 heteroatoms. The van der Waals surface area contributed by atoms with Crippen LogP contribution in [0.2, 0.25) is 10.0 Å². The van der Waals surface area contributed by atoms with Crippen molar-refractivity contribution in [3.8, 4) is 11.4 Å². The third-order valence-corrected chi connectivity index (χ3v) is 6.99. The van der Waals surface area contributed by atoms with Crippen molar-refractivity contribution in [2.45, 2.75) is 31.7 Å². The molecule has 0 saturated heterocycles. The Morgan fingerprint density at radius 1 is 1.06 bits per heavy atom. The van der Waals surface area contributed by atoms with E-state index in [1.54, 1.807) is 24.3 Å². The van der Waals surface area contributed by atoms with Crippen molar-refractivity contribution < 1.29 is 8.91 Å². The van der Waals surface area contributed by atoms with Crippen LogP contribution < -0.4 is 0 Å². The average Bonchev–Trinajstić information content (AvgIpc) is 3.25. The summed E-state index contributed by atoms with van der Waals surface area (Å²) in [5.41, 5.74) is 1.83. The van der Waals surface area contributed by atoms with Gasteiger partial charge in [0, 0.05) is 11.6 Å². The molecule has 1 atom stereocenters. The van der Waals surface area contributed by atoms with Gasteiger partial charge in [-0.3, -0.25) is 0 Å². The third kappa shape index (κ3) is 5.22. The van der Waals surface area contributed by atoms with Gasteiger partial charge < -0.3 is 9.42 Å². The second kappa shape index (κ2) is 10.2. The molecule has 168 valence electrons. The first-order valence-electron chi connectivity index (χ1n) is 10.8. The van der Waals surface area contributed by atoms with Crippen LogP contribution in [0.1, 0.15) is 43.2 Å². The summed E-state index contributed by atoms with van der Waals surface area (Å²) in [4.78, 5) is 6.68. The molecular weight excluding hydrogens is 448 g/mol. The lowest BCUT2D eigenvalue weighted by molar-refractivity contribution is 0.159. The Bertz CT molecular complexity index is 1070. The van der Waals surface area contributed by atoms with Crippen LogP contribution in [0.25, 0.3) is 17.5 Å². The number of nitrogens with zero attached hydrogens (tertiary/aromatic N) is 3. The van der Waals surface area contributed by atoms with E-state index in [1.807, 2.05) is 24.3 Å². The van der Waals surface area contributed by atoms with Crippen molar-refractivity contribution in [3.05, 3.63) is 75.9 Å². The van der Waals surface area contributed by atoms with Gasteiger partial charge in [-0.1, -0.05) is 52.6 Å². The van der Waals surface area contributed by atoms with Crippen molar-refractivity contribution in [2.24, 2.45) is 11.8 Å². The molecule has 1 heterocycles. The summed E-state index contributed by atoms with van der Waals surface area (Å²) in [6, 6.07) is 12.6. The van der Waals surface area contributed by atoms with Crippen molar-refractivity contribution in [1.82, 2.24) is 15.0 Å². The van der Waals surface area contributed by atoms with Gasteiger partial charge in [0.05, 0.1) is 10.0 Å². The molecular formula is C25H26Cl2FN3O. The Morgan fingerprint density at radius 3 is 2.47 bits per heavy atom. The van der Waals surface area contributed by atoms with Crippen LogP contribution in [0.3, 0.4) is 0 Å². The lowest BCUT2D eigenvalue weighted by Gasteiger charge is -2.37. The number of hydrogen-bond donors (Lipinski definition) is 0. The first-order chi connectivity index (χ1) is 15.4. The number of rotatable bonds is 6. The van der Waals surface area contributed by atoms with Gasteiger partial charge >= 0.3 is 0 Å². The van der Waals surface area contributed by atoms with Crippen molar-refractivity contribution in [1.29, 1.82) is 0 Å². The fourth-order valence-corrected chi connectivity index (χ4v) is 5.00. The topological polar surface area (TPSA) is 42.2 Å². The zero-order valence-electron chi connectivity index (χ0n) is 18.1. The minimum absolute atomic E-state index is 0.193. The molecule has 4 nitrogen and oxygen atoms in total. The normalized spacial score (nSPS) is 20.2. The molecule has 0 amide bonds. The molecule has 0 bridgehead atoms. The van der Waals surface area contributed by atoms with Crippen LogP contribution in [0.15, 0.2) is 53.1 Å². The van der Waals surface area contributed by atoms with Gasteiger partial charge in [0.25, 0.3) is 5.89 Å². The Labute approximate surface area is 198 Å². The van der Waals surface area contributed by atoms with Gasteiger partial charge in [-0.15, -0.1) is 0 Å². The molecule has 32 heavy (non-hydrogen) atoms. The monoisotopic (exact) mass is 473 g/mol. The Balaban J connectivity index is 1.38. The summed E-state index contributed by atoms with van der Waals surface area (Å²) in [6.07, 6.45) is 8.46. The number of benzene rings is 2. The number of hydrogen-bond acceptors (Lipinski definition) is 4. The highest BCUT2D eigenvalue weighted by Gasteiger charge is 2.29. The minimum Gasteiger partial charge on any atom is -0.334 e. The lowest BCUT2D eigenvalue weighted by Crippen LogP contribution is -2.30. The predicted octanol–water partition coefficient (Wildman–Crippen LogP) is 7.31. The second-order valence-corrected chi connectivity index (χ2v) is 9.34. The Hall–Kier alpha value is -2.21. The maximum atomic E-state index is 13.4. The zero-order chi connectivity index (χ0) is 22.7. The van der Waals surface area contributed by atoms with Crippen LogP contribution in [-0.4, -0.2) is 29.1 Å². The van der Waals surface area contributed by atoms with E-state index in [4.69, 9.17) is 27.7 Å². The molecule has 1 saturated carbocycles.